The van der Waals surface area contributed by atoms with Gasteiger partial charge in [0.2, 0.25) is 5.88 Å². The van der Waals surface area contributed by atoms with Gasteiger partial charge in [-0.2, -0.15) is 0 Å². The van der Waals surface area contributed by atoms with Gasteiger partial charge in [0.25, 0.3) is 0 Å². The molecule has 2 atom stereocenters. The van der Waals surface area contributed by atoms with Crippen LogP contribution in [0.15, 0.2) is 18.3 Å². The number of rotatable bonds is 4. The molecule has 0 unspecified atom stereocenters. The van der Waals surface area contributed by atoms with Gasteiger partial charge in [-0.25, -0.2) is 4.98 Å². The van der Waals surface area contributed by atoms with Crippen LogP contribution in [0.5, 0.6) is 5.88 Å². The van der Waals surface area contributed by atoms with E-state index in [4.69, 9.17) is 9.84 Å². The van der Waals surface area contributed by atoms with Crippen molar-refractivity contribution >= 4 is 0 Å². The first-order chi connectivity index (χ1) is 7.29. The summed E-state index contributed by atoms with van der Waals surface area (Å²) in [5.41, 5.74) is 0.819. The Bertz CT molecular complexity index is 310. The van der Waals surface area contributed by atoms with Crippen LogP contribution in [0.2, 0.25) is 0 Å². The zero-order chi connectivity index (χ0) is 10.7. The molecule has 2 rings (SSSR count). The number of aliphatic hydroxyl groups is 1. The van der Waals surface area contributed by atoms with Crippen molar-refractivity contribution in [2.24, 2.45) is 11.8 Å². The molecule has 1 aliphatic carbocycles. The first-order valence-corrected chi connectivity index (χ1v) is 5.48. The Hall–Kier alpha value is -1.09. The Labute approximate surface area is 90.1 Å². The predicted molar refractivity (Wildman–Crippen MR) is 57.5 cm³/mol. The van der Waals surface area contributed by atoms with Gasteiger partial charge in [0.05, 0.1) is 13.2 Å². The molecule has 0 spiro atoms. The highest BCUT2D eigenvalue weighted by Gasteiger charge is 2.27. The minimum atomic E-state index is 0.0347. The fourth-order valence-electron chi connectivity index (χ4n) is 1.77. The SMILES string of the molecule is C[C@H]1CC[C@@H]1COc1ccc(CO)cn1. The van der Waals surface area contributed by atoms with Crippen LogP contribution in [0.4, 0.5) is 0 Å². The molecule has 1 aromatic rings. The van der Waals surface area contributed by atoms with Crippen LogP contribution in [0, 0.1) is 11.8 Å². The average Bonchev–Trinajstić information content (AvgIpc) is 2.28. The van der Waals surface area contributed by atoms with E-state index in [-0.39, 0.29) is 6.61 Å². The molecular formula is C12H17NO2. The second-order valence-electron chi connectivity index (χ2n) is 4.29. The molecule has 0 aliphatic heterocycles. The number of hydrogen-bond donors (Lipinski definition) is 1. The first-order valence-electron chi connectivity index (χ1n) is 5.48. The number of aromatic nitrogens is 1. The van der Waals surface area contributed by atoms with Gasteiger partial charge < -0.3 is 9.84 Å². The zero-order valence-electron chi connectivity index (χ0n) is 9.02. The summed E-state index contributed by atoms with van der Waals surface area (Å²) in [6, 6.07) is 3.65. The van der Waals surface area contributed by atoms with E-state index in [1.165, 1.54) is 12.8 Å². The van der Waals surface area contributed by atoms with Crippen molar-refractivity contribution in [3.05, 3.63) is 23.9 Å². The standard InChI is InChI=1S/C12H17NO2/c1-9-2-4-11(9)8-15-12-5-3-10(7-14)6-13-12/h3,5-6,9,11,14H,2,4,7-8H2,1H3/t9-,11+/m0/s1. The van der Waals surface area contributed by atoms with Gasteiger partial charge in [-0.15, -0.1) is 0 Å². The Morgan fingerprint density at radius 2 is 2.33 bits per heavy atom. The van der Waals surface area contributed by atoms with Crippen molar-refractivity contribution in [3.63, 3.8) is 0 Å². The maximum atomic E-state index is 8.85. The number of nitrogens with zero attached hydrogens (tertiary/aromatic N) is 1. The monoisotopic (exact) mass is 207 g/mol. The molecule has 1 aromatic heterocycles. The van der Waals surface area contributed by atoms with Crippen LogP contribution in [-0.2, 0) is 6.61 Å². The molecule has 82 valence electrons. The normalized spacial score (nSPS) is 24.7. The second kappa shape index (κ2) is 4.62. The van der Waals surface area contributed by atoms with Crippen molar-refractivity contribution in [2.45, 2.75) is 26.4 Å². The third-order valence-corrected chi connectivity index (χ3v) is 3.22. The molecule has 0 radical (unpaired) electrons. The zero-order valence-corrected chi connectivity index (χ0v) is 9.02. The summed E-state index contributed by atoms with van der Waals surface area (Å²) in [5.74, 6) is 2.15. The molecule has 1 aliphatic rings. The first kappa shape index (κ1) is 10.4. The number of ether oxygens (including phenoxy) is 1. The lowest BCUT2D eigenvalue weighted by Crippen LogP contribution is -2.28. The highest BCUT2D eigenvalue weighted by molar-refractivity contribution is 5.17. The van der Waals surface area contributed by atoms with E-state index in [9.17, 15) is 0 Å². The molecule has 1 N–H and O–H groups in total. The summed E-state index contributed by atoms with van der Waals surface area (Å²) in [6.45, 7) is 3.07. The van der Waals surface area contributed by atoms with Gasteiger partial charge in [0, 0.05) is 12.3 Å². The van der Waals surface area contributed by atoms with E-state index in [1.807, 2.05) is 12.1 Å². The topological polar surface area (TPSA) is 42.4 Å². The van der Waals surface area contributed by atoms with Crippen LogP contribution in [0.1, 0.15) is 25.3 Å². The quantitative estimate of drug-likeness (QED) is 0.821. The molecule has 0 amide bonds. The third kappa shape index (κ3) is 2.48. The third-order valence-electron chi connectivity index (χ3n) is 3.22. The smallest absolute Gasteiger partial charge is 0.213 e. The van der Waals surface area contributed by atoms with Crippen LogP contribution in [0.25, 0.3) is 0 Å². The number of pyridine rings is 1. The molecule has 0 aromatic carbocycles. The van der Waals surface area contributed by atoms with E-state index in [0.29, 0.717) is 11.8 Å². The molecule has 0 saturated heterocycles. The lowest BCUT2D eigenvalue weighted by molar-refractivity contribution is 0.113. The maximum Gasteiger partial charge on any atom is 0.213 e. The summed E-state index contributed by atoms with van der Waals surface area (Å²) >= 11 is 0. The molecule has 1 fully saturated rings. The molecule has 1 heterocycles. The van der Waals surface area contributed by atoms with Crippen LogP contribution >= 0.6 is 0 Å². The lowest BCUT2D eigenvalue weighted by Gasteiger charge is -2.33. The van der Waals surface area contributed by atoms with Gasteiger partial charge >= 0.3 is 0 Å². The fourth-order valence-corrected chi connectivity index (χ4v) is 1.77. The molecule has 0 bridgehead atoms. The van der Waals surface area contributed by atoms with Crippen molar-refractivity contribution in [1.29, 1.82) is 0 Å². The van der Waals surface area contributed by atoms with Crippen molar-refractivity contribution in [2.75, 3.05) is 6.61 Å². The fraction of sp³-hybridized carbons (Fsp3) is 0.583. The van der Waals surface area contributed by atoms with Gasteiger partial charge in [0.1, 0.15) is 0 Å². The van der Waals surface area contributed by atoms with E-state index < -0.39 is 0 Å². The molecule has 1 saturated carbocycles. The van der Waals surface area contributed by atoms with Crippen molar-refractivity contribution in [3.8, 4) is 5.88 Å². The van der Waals surface area contributed by atoms with E-state index in [2.05, 4.69) is 11.9 Å². The molecule has 3 nitrogen and oxygen atoms in total. The number of aliphatic hydroxyl groups excluding tert-OH is 1. The minimum absolute atomic E-state index is 0.0347. The Morgan fingerprint density at radius 1 is 1.47 bits per heavy atom. The maximum absolute atomic E-state index is 8.85. The molecular weight excluding hydrogens is 190 g/mol. The lowest BCUT2D eigenvalue weighted by atomic mass is 9.75. The Kier molecular flexibility index (Phi) is 3.21. The van der Waals surface area contributed by atoms with Crippen LogP contribution in [0.3, 0.4) is 0 Å². The van der Waals surface area contributed by atoms with E-state index >= 15 is 0 Å². The Balaban J connectivity index is 1.82. The summed E-state index contributed by atoms with van der Waals surface area (Å²) in [7, 11) is 0. The van der Waals surface area contributed by atoms with Crippen LogP contribution in [-0.4, -0.2) is 16.7 Å². The number of hydrogen-bond acceptors (Lipinski definition) is 3. The van der Waals surface area contributed by atoms with Crippen LogP contribution < -0.4 is 4.74 Å². The highest BCUT2D eigenvalue weighted by atomic mass is 16.5. The molecule has 3 heteroatoms. The van der Waals surface area contributed by atoms with E-state index in [1.54, 1.807) is 6.20 Å². The molecule has 15 heavy (non-hydrogen) atoms. The predicted octanol–water partition coefficient (Wildman–Crippen LogP) is 2.00. The van der Waals surface area contributed by atoms with Gasteiger partial charge in [-0.05, 0) is 36.3 Å². The van der Waals surface area contributed by atoms with Gasteiger partial charge in [-0.3, -0.25) is 0 Å². The largest absolute Gasteiger partial charge is 0.477 e. The average molecular weight is 207 g/mol. The summed E-state index contributed by atoms with van der Waals surface area (Å²) in [4.78, 5) is 4.12. The van der Waals surface area contributed by atoms with Gasteiger partial charge in [0.15, 0.2) is 0 Å². The summed E-state index contributed by atoms with van der Waals surface area (Å²) in [6.07, 6.45) is 4.25. The highest BCUT2D eigenvalue weighted by Crippen LogP contribution is 2.33. The second-order valence-corrected chi connectivity index (χ2v) is 4.29. The van der Waals surface area contributed by atoms with Crippen molar-refractivity contribution in [1.82, 2.24) is 4.98 Å². The van der Waals surface area contributed by atoms with Gasteiger partial charge in [-0.1, -0.05) is 6.92 Å². The van der Waals surface area contributed by atoms with Crippen molar-refractivity contribution < 1.29 is 9.84 Å². The Morgan fingerprint density at radius 3 is 2.80 bits per heavy atom. The minimum Gasteiger partial charge on any atom is -0.477 e. The summed E-state index contributed by atoms with van der Waals surface area (Å²) in [5, 5.41) is 8.85. The summed E-state index contributed by atoms with van der Waals surface area (Å²) < 4.78 is 5.59. The van der Waals surface area contributed by atoms with E-state index in [0.717, 1.165) is 18.1 Å².